The van der Waals surface area contributed by atoms with Gasteiger partial charge >= 0.3 is 0 Å². The van der Waals surface area contributed by atoms with Crippen LogP contribution in [0.2, 0.25) is 0 Å². The molecule has 1 heterocycles. The van der Waals surface area contributed by atoms with Crippen molar-refractivity contribution < 1.29 is 9.59 Å². The van der Waals surface area contributed by atoms with Crippen molar-refractivity contribution in [2.24, 2.45) is 0 Å². The first kappa shape index (κ1) is 16.3. The van der Waals surface area contributed by atoms with Gasteiger partial charge in [-0.3, -0.25) is 9.59 Å². The van der Waals surface area contributed by atoms with E-state index in [1.165, 1.54) is 0 Å². The van der Waals surface area contributed by atoms with E-state index in [1.54, 1.807) is 16.7 Å². The molecule has 1 aliphatic heterocycles. The summed E-state index contributed by atoms with van der Waals surface area (Å²) in [5.41, 5.74) is 0. The fourth-order valence-corrected chi connectivity index (χ4v) is 3.14. The maximum Gasteiger partial charge on any atom is 0.243 e. The lowest BCUT2D eigenvalue weighted by atomic mass is 10.2. The van der Waals surface area contributed by atoms with Crippen LogP contribution in [0.1, 0.15) is 33.1 Å². The van der Waals surface area contributed by atoms with Gasteiger partial charge in [-0.2, -0.15) is 0 Å². The molecule has 1 aliphatic rings. The molecule has 0 aliphatic carbocycles. The minimum absolute atomic E-state index is 0.0206. The Balaban J connectivity index is 2.31. The van der Waals surface area contributed by atoms with E-state index >= 15 is 0 Å². The van der Waals surface area contributed by atoms with Gasteiger partial charge < -0.3 is 15.5 Å². The topological polar surface area (TPSA) is 61.4 Å². The van der Waals surface area contributed by atoms with Crippen LogP contribution in [-0.2, 0) is 9.59 Å². The average Bonchev–Trinajstić information content (AvgIpc) is 2.88. The smallest absolute Gasteiger partial charge is 0.243 e. The van der Waals surface area contributed by atoms with Gasteiger partial charge in [0.15, 0.2) is 0 Å². The predicted molar refractivity (Wildman–Crippen MR) is 79.0 cm³/mol. The lowest BCUT2D eigenvalue weighted by Crippen LogP contribution is -2.48. The van der Waals surface area contributed by atoms with Gasteiger partial charge in [-0.1, -0.05) is 13.8 Å². The van der Waals surface area contributed by atoms with Crippen LogP contribution < -0.4 is 10.6 Å². The number of thioether (sulfide) groups is 1. The van der Waals surface area contributed by atoms with Crippen molar-refractivity contribution in [3.05, 3.63) is 0 Å². The Kier molecular flexibility index (Phi) is 7.90. The number of hydrogen-bond acceptors (Lipinski definition) is 4. The lowest BCUT2D eigenvalue weighted by molar-refractivity contribution is -0.138. The predicted octanol–water partition coefficient (Wildman–Crippen LogP) is 0.804. The summed E-state index contributed by atoms with van der Waals surface area (Å²) in [4.78, 5) is 25.7. The summed E-state index contributed by atoms with van der Waals surface area (Å²) in [6.45, 7) is 6.46. The van der Waals surface area contributed by atoms with Crippen molar-refractivity contribution in [1.29, 1.82) is 0 Å². The van der Waals surface area contributed by atoms with Crippen LogP contribution in [0, 0.1) is 0 Å². The highest BCUT2D eigenvalue weighted by molar-refractivity contribution is 7.99. The maximum absolute atomic E-state index is 12.1. The molecule has 1 atom stereocenters. The molecule has 1 unspecified atom stereocenters. The highest BCUT2D eigenvalue weighted by Crippen LogP contribution is 2.22. The Bertz CT molecular complexity index is 300. The van der Waals surface area contributed by atoms with E-state index in [9.17, 15) is 9.59 Å². The second kappa shape index (κ2) is 9.20. The summed E-state index contributed by atoms with van der Waals surface area (Å²) >= 11 is 1.65. The van der Waals surface area contributed by atoms with Gasteiger partial charge in [-0.05, 0) is 19.4 Å². The van der Waals surface area contributed by atoms with E-state index in [0.717, 1.165) is 25.9 Å². The van der Waals surface area contributed by atoms with E-state index in [0.29, 0.717) is 24.6 Å². The minimum Gasteiger partial charge on any atom is -0.353 e. The SMILES string of the molecule is CCCNCCNC(=O)C1CSCN1C(=O)CCC. The zero-order valence-corrected chi connectivity index (χ0v) is 12.7. The molecule has 0 spiro atoms. The summed E-state index contributed by atoms with van der Waals surface area (Å²) in [7, 11) is 0. The minimum atomic E-state index is -0.282. The van der Waals surface area contributed by atoms with Gasteiger partial charge in [0.05, 0.1) is 5.88 Å². The molecule has 0 aromatic heterocycles. The molecule has 19 heavy (non-hydrogen) atoms. The molecular weight excluding hydrogens is 262 g/mol. The van der Waals surface area contributed by atoms with Crippen LogP contribution in [0.5, 0.6) is 0 Å². The molecule has 2 N–H and O–H groups in total. The Hall–Kier alpha value is -0.750. The molecule has 110 valence electrons. The van der Waals surface area contributed by atoms with Crippen LogP contribution in [-0.4, -0.2) is 54.0 Å². The molecule has 1 fully saturated rings. The highest BCUT2D eigenvalue weighted by Gasteiger charge is 2.33. The second-order valence-corrected chi connectivity index (χ2v) is 5.67. The summed E-state index contributed by atoms with van der Waals surface area (Å²) in [6.07, 6.45) is 2.45. The van der Waals surface area contributed by atoms with E-state index < -0.39 is 0 Å². The number of amides is 2. The maximum atomic E-state index is 12.1. The third kappa shape index (κ3) is 5.40. The first-order valence-corrected chi connectivity index (χ1v) is 8.21. The zero-order valence-electron chi connectivity index (χ0n) is 11.9. The lowest BCUT2D eigenvalue weighted by Gasteiger charge is -2.23. The number of rotatable bonds is 8. The summed E-state index contributed by atoms with van der Waals surface area (Å²) in [5.74, 6) is 1.43. The number of carbonyl (C=O) groups is 2. The number of carbonyl (C=O) groups excluding carboxylic acids is 2. The number of hydrogen-bond donors (Lipinski definition) is 2. The molecule has 0 saturated carbocycles. The molecular formula is C13H25N3O2S. The summed E-state index contributed by atoms with van der Waals surface area (Å²) in [6, 6.07) is -0.282. The first-order valence-electron chi connectivity index (χ1n) is 7.06. The summed E-state index contributed by atoms with van der Waals surface area (Å²) < 4.78 is 0. The van der Waals surface area contributed by atoms with E-state index in [2.05, 4.69) is 17.6 Å². The van der Waals surface area contributed by atoms with Gasteiger partial charge in [0.1, 0.15) is 6.04 Å². The number of nitrogens with one attached hydrogen (secondary N) is 2. The second-order valence-electron chi connectivity index (χ2n) is 4.67. The van der Waals surface area contributed by atoms with E-state index in [4.69, 9.17) is 0 Å². The van der Waals surface area contributed by atoms with Gasteiger partial charge in [0.25, 0.3) is 0 Å². The van der Waals surface area contributed by atoms with Crippen molar-refractivity contribution in [2.75, 3.05) is 31.3 Å². The molecule has 1 rings (SSSR count). The molecule has 0 bridgehead atoms. The number of nitrogens with zero attached hydrogens (tertiary/aromatic N) is 1. The van der Waals surface area contributed by atoms with Gasteiger partial charge in [-0.15, -0.1) is 11.8 Å². The Morgan fingerprint density at radius 3 is 2.68 bits per heavy atom. The first-order chi connectivity index (χ1) is 9.20. The fourth-order valence-electron chi connectivity index (χ4n) is 1.96. The normalized spacial score (nSPS) is 18.6. The highest BCUT2D eigenvalue weighted by atomic mass is 32.2. The third-order valence-corrected chi connectivity index (χ3v) is 4.01. The largest absolute Gasteiger partial charge is 0.353 e. The van der Waals surface area contributed by atoms with Crippen molar-refractivity contribution in [3.8, 4) is 0 Å². The Morgan fingerprint density at radius 1 is 1.21 bits per heavy atom. The summed E-state index contributed by atoms with van der Waals surface area (Å²) in [5, 5.41) is 6.14. The van der Waals surface area contributed by atoms with Gasteiger partial charge in [0.2, 0.25) is 11.8 Å². The Morgan fingerprint density at radius 2 is 2.00 bits per heavy atom. The Labute approximate surface area is 119 Å². The van der Waals surface area contributed by atoms with Crippen LogP contribution >= 0.6 is 11.8 Å². The van der Waals surface area contributed by atoms with Gasteiger partial charge in [0, 0.05) is 25.3 Å². The van der Waals surface area contributed by atoms with Gasteiger partial charge in [-0.25, -0.2) is 0 Å². The van der Waals surface area contributed by atoms with Crippen LogP contribution in [0.3, 0.4) is 0 Å². The van der Waals surface area contributed by atoms with Crippen LogP contribution in [0.4, 0.5) is 0 Å². The monoisotopic (exact) mass is 287 g/mol. The zero-order chi connectivity index (χ0) is 14.1. The van der Waals surface area contributed by atoms with Crippen molar-refractivity contribution in [3.63, 3.8) is 0 Å². The molecule has 0 aromatic carbocycles. The standard InChI is InChI=1S/C13H25N3O2S/c1-3-5-12(17)16-10-19-9-11(16)13(18)15-8-7-14-6-4-2/h11,14H,3-10H2,1-2H3,(H,15,18). The van der Waals surface area contributed by atoms with Crippen molar-refractivity contribution >= 4 is 23.6 Å². The molecule has 0 aromatic rings. The molecule has 0 radical (unpaired) electrons. The van der Waals surface area contributed by atoms with E-state index in [1.807, 2.05) is 6.92 Å². The average molecular weight is 287 g/mol. The molecule has 1 saturated heterocycles. The van der Waals surface area contributed by atoms with E-state index in [-0.39, 0.29) is 17.9 Å². The molecule has 5 nitrogen and oxygen atoms in total. The van der Waals surface area contributed by atoms with Crippen LogP contribution in [0.25, 0.3) is 0 Å². The third-order valence-electron chi connectivity index (χ3n) is 3.00. The molecule has 2 amide bonds. The fraction of sp³-hybridized carbons (Fsp3) is 0.846. The van der Waals surface area contributed by atoms with Crippen molar-refractivity contribution in [1.82, 2.24) is 15.5 Å². The molecule has 6 heteroatoms. The van der Waals surface area contributed by atoms with Crippen molar-refractivity contribution in [2.45, 2.75) is 39.2 Å². The van der Waals surface area contributed by atoms with Crippen LogP contribution in [0.15, 0.2) is 0 Å². The quantitative estimate of drug-likeness (QED) is 0.648.